The van der Waals surface area contributed by atoms with E-state index in [2.05, 4.69) is 10.6 Å². The van der Waals surface area contributed by atoms with Crippen molar-refractivity contribution >= 4 is 29.7 Å². The van der Waals surface area contributed by atoms with Crippen LogP contribution in [-0.2, 0) is 14.3 Å². The molecule has 1 aromatic carbocycles. The fourth-order valence-electron chi connectivity index (χ4n) is 3.38. The highest BCUT2D eigenvalue weighted by Gasteiger charge is 2.39. The summed E-state index contributed by atoms with van der Waals surface area (Å²) in [4.78, 5) is 41.3. The van der Waals surface area contributed by atoms with E-state index in [9.17, 15) is 19.5 Å². The van der Waals surface area contributed by atoms with Crippen molar-refractivity contribution in [2.75, 3.05) is 12.0 Å². The molecule has 0 aliphatic rings. The van der Waals surface area contributed by atoms with Gasteiger partial charge >= 0.3 is 6.09 Å². The highest BCUT2D eigenvalue weighted by atomic mass is 32.2. The lowest BCUT2D eigenvalue weighted by Crippen LogP contribution is -2.56. The summed E-state index contributed by atoms with van der Waals surface area (Å²) in [5.41, 5.74) is -0.967. The number of benzene rings is 1. The summed E-state index contributed by atoms with van der Waals surface area (Å²) in [5, 5.41) is 16.2. The molecule has 1 rings (SSSR count). The molecule has 0 aromatic heterocycles. The molecule has 0 radical (unpaired) electrons. The Hall–Kier alpha value is -2.42. The summed E-state index contributed by atoms with van der Waals surface area (Å²) in [7, 11) is 0. The number of phenols is 1. The van der Waals surface area contributed by atoms with Gasteiger partial charge in [-0.25, -0.2) is 4.79 Å². The number of nitrogens with zero attached hydrogens (tertiary/aromatic N) is 1. The van der Waals surface area contributed by atoms with Crippen molar-refractivity contribution in [3.8, 4) is 5.75 Å². The van der Waals surface area contributed by atoms with E-state index in [0.717, 1.165) is 0 Å². The average Bonchev–Trinajstić information content (AvgIpc) is 2.66. The predicted molar refractivity (Wildman–Crippen MR) is 137 cm³/mol. The summed E-state index contributed by atoms with van der Waals surface area (Å²) < 4.78 is 5.37. The zero-order chi connectivity index (χ0) is 26.3. The smallest absolute Gasteiger partial charge is 0.408 e. The number of carbonyl (C=O) groups excluding carboxylic acids is 3. The van der Waals surface area contributed by atoms with Crippen LogP contribution < -0.4 is 10.6 Å². The third-order valence-electron chi connectivity index (χ3n) is 4.67. The monoisotopic (exact) mass is 495 g/mol. The van der Waals surface area contributed by atoms with Crippen molar-refractivity contribution in [1.29, 1.82) is 0 Å². The predicted octanol–water partition coefficient (Wildman–Crippen LogP) is 4.23. The first-order chi connectivity index (χ1) is 15.6. The van der Waals surface area contributed by atoms with Crippen LogP contribution in [0.25, 0.3) is 0 Å². The number of alkyl carbamates (subject to hydrolysis) is 1. The van der Waals surface area contributed by atoms with E-state index in [0.29, 0.717) is 17.7 Å². The van der Waals surface area contributed by atoms with Gasteiger partial charge in [-0.05, 0) is 79.9 Å². The minimum absolute atomic E-state index is 0.0872. The molecular weight excluding hydrogens is 454 g/mol. The summed E-state index contributed by atoms with van der Waals surface area (Å²) in [6, 6.07) is 4.08. The number of hydrogen-bond acceptors (Lipinski definition) is 6. The third kappa shape index (κ3) is 9.44. The Labute approximate surface area is 208 Å². The van der Waals surface area contributed by atoms with Gasteiger partial charge in [0, 0.05) is 17.1 Å². The number of aromatic hydroxyl groups is 1. The number of phenolic OH excluding ortho intramolecular Hbond substituents is 1. The summed E-state index contributed by atoms with van der Waals surface area (Å²) in [6.07, 6.45) is 1.57. The van der Waals surface area contributed by atoms with Crippen molar-refractivity contribution in [2.24, 2.45) is 0 Å². The molecule has 1 aromatic rings. The van der Waals surface area contributed by atoms with E-state index in [1.54, 1.807) is 64.6 Å². The van der Waals surface area contributed by atoms with Gasteiger partial charge in [0.2, 0.25) is 11.8 Å². The van der Waals surface area contributed by atoms with Gasteiger partial charge in [-0.2, -0.15) is 11.8 Å². The number of thioether (sulfide) groups is 1. The summed E-state index contributed by atoms with van der Waals surface area (Å²) in [6.45, 7) is 14.4. The molecule has 0 spiro atoms. The number of carbonyl (C=O) groups is 3. The standard InChI is InChI=1S/C25H41N3O5S/c1-16(2)28(22(31)18(14-15-34-9)26-23(32)33-25(6,7)8)20(21(30)27-24(3,4)5)17-12-10-11-13-19(17)29/h10-13,16,18,20,29H,14-15H2,1-9H3,(H,26,32)(H,27,30). The minimum Gasteiger partial charge on any atom is -0.508 e. The van der Waals surface area contributed by atoms with E-state index >= 15 is 0 Å². The van der Waals surface area contributed by atoms with E-state index < -0.39 is 47.2 Å². The Morgan fingerprint density at radius 2 is 1.68 bits per heavy atom. The molecule has 0 heterocycles. The molecule has 2 unspecified atom stereocenters. The van der Waals surface area contributed by atoms with Crippen LogP contribution in [-0.4, -0.2) is 63.1 Å². The molecule has 2 atom stereocenters. The zero-order valence-corrected chi connectivity index (χ0v) is 22.7. The Morgan fingerprint density at radius 1 is 1.09 bits per heavy atom. The van der Waals surface area contributed by atoms with Crippen molar-refractivity contribution < 1.29 is 24.2 Å². The Kier molecular flexibility index (Phi) is 10.7. The number of ether oxygens (including phenoxy) is 1. The van der Waals surface area contributed by atoms with Gasteiger partial charge in [-0.3, -0.25) is 9.59 Å². The van der Waals surface area contributed by atoms with Crippen LogP contribution in [0.1, 0.15) is 73.4 Å². The minimum atomic E-state index is -1.09. The molecule has 0 saturated carbocycles. The summed E-state index contributed by atoms with van der Waals surface area (Å²) >= 11 is 1.55. The second-order valence-electron chi connectivity index (χ2n) is 10.5. The molecule has 0 bridgehead atoms. The molecule has 0 fully saturated rings. The maximum Gasteiger partial charge on any atom is 0.408 e. The van der Waals surface area contributed by atoms with E-state index in [1.165, 1.54) is 11.0 Å². The van der Waals surface area contributed by atoms with Crippen molar-refractivity contribution in [2.45, 2.75) is 91.1 Å². The maximum atomic E-state index is 13.9. The topological polar surface area (TPSA) is 108 Å². The zero-order valence-electron chi connectivity index (χ0n) is 21.9. The third-order valence-corrected chi connectivity index (χ3v) is 5.31. The number of para-hydroxylation sites is 1. The normalized spacial score (nSPS) is 13.7. The first-order valence-corrected chi connectivity index (χ1v) is 12.9. The van der Waals surface area contributed by atoms with Gasteiger partial charge < -0.3 is 25.4 Å². The lowest BCUT2D eigenvalue weighted by Gasteiger charge is -2.38. The first kappa shape index (κ1) is 29.6. The Morgan fingerprint density at radius 3 is 2.15 bits per heavy atom. The van der Waals surface area contributed by atoms with E-state index in [1.807, 2.05) is 27.0 Å². The van der Waals surface area contributed by atoms with Gasteiger partial charge in [0.25, 0.3) is 0 Å². The number of rotatable bonds is 9. The van der Waals surface area contributed by atoms with Crippen molar-refractivity contribution in [1.82, 2.24) is 15.5 Å². The SMILES string of the molecule is CSCCC(NC(=O)OC(C)(C)C)C(=O)N(C(C)C)C(C(=O)NC(C)(C)C)c1ccccc1O. The largest absolute Gasteiger partial charge is 0.508 e. The lowest BCUT2D eigenvalue weighted by atomic mass is 9.98. The molecule has 0 aliphatic carbocycles. The Balaban J connectivity index is 3.47. The number of hydrogen-bond donors (Lipinski definition) is 3. The fourth-order valence-corrected chi connectivity index (χ4v) is 3.85. The molecule has 3 amide bonds. The molecule has 9 heteroatoms. The molecule has 34 heavy (non-hydrogen) atoms. The second-order valence-corrected chi connectivity index (χ2v) is 11.5. The van der Waals surface area contributed by atoms with Gasteiger partial charge in [0.1, 0.15) is 23.4 Å². The first-order valence-electron chi connectivity index (χ1n) is 11.5. The van der Waals surface area contributed by atoms with Crippen LogP contribution >= 0.6 is 11.8 Å². The molecule has 8 nitrogen and oxygen atoms in total. The number of nitrogens with one attached hydrogen (secondary N) is 2. The summed E-state index contributed by atoms with van der Waals surface area (Å²) in [5.74, 6) is -0.312. The quantitative estimate of drug-likeness (QED) is 0.473. The number of amides is 3. The van der Waals surface area contributed by atoms with Crippen LogP contribution in [0, 0.1) is 0 Å². The molecular formula is C25H41N3O5S. The fraction of sp³-hybridized carbons (Fsp3) is 0.640. The second kappa shape index (κ2) is 12.3. The van der Waals surface area contributed by atoms with Gasteiger partial charge in [0.05, 0.1) is 0 Å². The van der Waals surface area contributed by atoms with Crippen LogP contribution in [0.5, 0.6) is 5.75 Å². The molecule has 3 N–H and O–H groups in total. The van der Waals surface area contributed by atoms with Gasteiger partial charge in [-0.15, -0.1) is 0 Å². The van der Waals surface area contributed by atoms with Crippen LogP contribution in [0.4, 0.5) is 4.79 Å². The van der Waals surface area contributed by atoms with Crippen molar-refractivity contribution in [3.05, 3.63) is 29.8 Å². The van der Waals surface area contributed by atoms with Crippen LogP contribution in [0.2, 0.25) is 0 Å². The molecule has 0 saturated heterocycles. The highest BCUT2D eigenvalue weighted by Crippen LogP contribution is 2.32. The molecule has 192 valence electrons. The average molecular weight is 496 g/mol. The lowest BCUT2D eigenvalue weighted by molar-refractivity contribution is -0.145. The van der Waals surface area contributed by atoms with E-state index in [-0.39, 0.29) is 5.75 Å². The Bertz CT molecular complexity index is 846. The van der Waals surface area contributed by atoms with E-state index in [4.69, 9.17) is 4.74 Å². The van der Waals surface area contributed by atoms with Gasteiger partial charge in [-0.1, -0.05) is 18.2 Å². The molecule has 0 aliphatic heterocycles. The van der Waals surface area contributed by atoms with Gasteiger partial charge in [0.15, 0.2) is 0 Å². The van der Waals surface area contributed by atoms with Crippen LogP contribution in [0.3, 0.4) is 0 Å². The van der Waals surface area contributed by atoms with Crippen molar-refractivity contribution in [3.63, 3.8) is 0 Å². The van der Waals surface area contributed by atoms with Crippen LogP contribution in [0.15, 0.2) is 24.3 Å². The highest BCUT2D eigenvalue weighted by molar-refractivity contribution is 7.98. The maximum absolute atomic E-state index is 13.9.